The number of hydrogen-bond acceptors (Lipinski definition) is 3. The van der Waals surface area contributed by atoms with E-state index in [0.29, 0.717) is 11.8 Å². The van der Waals surface area contributed by atoms with Gasteiger partial charge in [0, 0.05) is 12.0 Å². The van der Waals surface area contributed by atoms with Gasteiger partial charge in [0.15, 0.2) is 0 Å². The van der Waals surface area contributed by atoms with E-state index in [9.17, 15) is 0 Å². The minimum absolute atomic E-state index is 0.459. The molecule has 1 aromatic rings. The Hall–Kier alpha value is -0.990. The molecule has 2 aliphatic carbocycles. The lowest BCUT2D eigenvalue weighted by Gasteiger charge is -2.38. The zero-order valence-corrected chi connectivity index (χ0v) is 9.69. The van der Waals surface area contributed by atoms with E-state index in [2.05, 4.69) is 5.16 Å². The Morgan fingerprint density at radius 2 is 1.94 bits per heavy atom. The summed E-state index contributed by atoms with van der Waals surface area (Å²) in [6, 6.07) is 1.91. The van der Waals surface area contributed by atoms with Crippen molar-refractivity contribution in [3.8, 4) is 0 Å². The molecular weight excluding hydrogens is 200 g/mol. The highest BCUT2D eigenvalue weighted by molar-refractivity contribution is 5.26. The van der Waals surface area contributed by atoms with Gasteiger partial charge in [-0.1, -0.05) is 30.8 Å². The first-order valence-corrected chi connectivity index (χ1v) is 6.55. The van der Waals surface area contributed by atoms with Gasteiger partial charge < -0.3 is 10.3 Å². The molecule has 0 saturated heterocycles. The van der Waals surface area contributed by atoms with Crippen LogP contribution in [0.2, 0.25) is 0 Å². The van der Waals surface area contributed by atoms with Gasteiger partial charge in [0.2, 0.25) is 5.88 Å². The smallest absolute Gasteiger partial charge is 0.222 e. The van der Waals surface area contributed by atoms with Gasteiger partial charge >= 0.3 is 0 Å². The van der Waals surface area contributed by atoms with Crippen molar-refractivity contribution >= 4 is 5.88 Å². The number of nitrogens with zero attached hydrogens (tertiary/aromatic N) is 1. The van der Waals surface area contributed by atoms with Gasteiger partial charge in [-0.25, -0.2) is 0 Å². The highest BCUT2D eigenvalue weighted by atomic mass is 16.5. The van der Waals surface area contributed by atoms with E-state index in [0.717, 1.165) is 17.5 Å². The third-order valence-corrected chi connectivity index (χ3v) is 4.50. The lowest BCUT2D eigenvalue weighted by molar-refractivity contribution is 0.153. The van der Waals surface area contributed by atoms with Gasteiger partial charge in [0.1, 0.15) is 0 Å². The first kappa shape index (κ1) is 10.2. The second-order valence-electron chi connectivity index (χ2n) is 5.47. The van der Waals surface area contributed by atoms with Crippen LogP contribution in [0.3, 0.4) is 0 Å². The Morgan fingerprint density at radius 1 is 1.12 bits per heavy atom. The van der Waals surface area contributed by atoms with Crippen LogP contribution in [-0.4, -0.2) is 5.16 Å². The summed E-state index contributed by atoms with van der Waals surface area (Å²) < 4.78 is 4.98. The normalized spacial score (nSPS) is 34.6. The highest BCUT2D eigenvalue weighted by Gasteiger charge is 2.33. The third kappa shape index (κ3) is 1.83. The van der Waals surface area contributed by atoms with E-state index in [1.807, 2.05) is 6.07 Å². The molecule has 0 amide bonds. The molecule has 2 fully saturated rings. The Balaban J connectivity index is 1.70. The molecule has 3 heteroatoms. The van der Waals surface area contributed by atoms with Crippen molar-refractivity contribution in [1.29, 1.82) is 0 Å². The molecule has 3 atom stereocenters. The summed E-state index contributed by atoms with van der Waals surface area (Å²) in [7, 11) is 0. The maximum atomic E-state index is 5.59. The van der Waals surface area contributed by atoms with E-state index in [1.54, 1.807) is 0 Å². The highest BCUT2D eigenvalue weighted by Crippen LogP contribution is 2.45. The Morgan fingerprint density at radius 3 is 2.69 bits per heavy atom. The fourth-order valence-corrected chi connectivity index (χ4v) is 3.64. The second kappa shape index (κ2) is 4.11. The van der Waals surface area contributed by atoms with Crippen molar-refractivity contribution in [2.75, 3.05) is 5.73 Å². The fraction of sp³-hybridized carbons (Fsp3) is 0.769. The van der Waals surface area contributed by atoms with Crippen molar-refractivity contribution in [1.82, 2.24) is 5.16 Å². The Labute approximate surface area is 96.4 Å². The van der Waals surface area contributed by atoms with Gasteiger partial charge in [-0.3, -0.25) is 0 Å². The molecule has 1 heterocycles. The van der Waals surface area contributed by atoms with Gasteiger partial charge in [0.25, 0.3) is 0 Å². The quantitative estimate of drug-likeness (QED) is 0.789. The molecule has 3 unspecified atom stereocenters. The van der Waals surface area contributed by atoms with Crippen molar-refractivity contribution in [2.45, 2.75) is 50.9 Å². The van der Waals surface area contributed by atoms with Crippen LogP contribution < -0.4 is 5.73 Å². The summed E-state index contributed by atoms with van der Waals surface area (Å²) in [5.41, 5.74) is 6.67. The molecule has 3 nitrogen and oxygen atoms in total. The molecule has 88 valence electrons. The number of rotatable bonds is 1. The molecule has 1 aromatic heterocycles. The topological polar surface area (TPSA) is 52.0 Å². The van der Waals surface area contributed by atoms with Crippen LogP contribution in [0.4, 0.5) is 5.88 Å². The lowest BCUT2D eigenvalue weighted by atomic mass is 9.67. The zero-order chi connectivity index (χ0) is 11.0. The average Bonchev–Trinajstić information content (AvgIpc) is 2.75. The van der Waals surface area contributed by atoms with Crippen LogP contribution in [0.25, 0.3) is 0 Å². The molecule has 0 bridgehead atoms. The van der Waals surface area contributed by atoms with Gasteiger partial charge in [-0.15, -0.1) is 0 Å². The molecule has 0 radical (unpaired) electrons. The van der Waals surface area contributed by atoms with E-state index in [-0.39, 0.29) is 0 Å². The van der Waals surface area contributed by atoms with Crippen LogP contribution in [0.15, 0.2) is 10.6 Å². The monoisotopic (exact) mass is 220 g/mol. The number of nitrogen functional groups attached to an aromatic ring is 1. The molecule has 3 rings (SSSR count). The maximum Gasteiger partial charge on any atom is 0.222 e. The zero-order valence-electron chi connectivity index (χ0n) is 9.69. The van der Waals surface area contributed by atoms with Gasteiger partial charge in [-0.2, -0.15) is 0 Å². The molecule has 0 aliphatic heterocycles. The first-order chi connectivity index (χ1) is 7.83. The van der Waals surface area contributed by atoms with E-state index in [1.165, 1.54) is 44.9 Å². The predicted molar refractivity (Wildman–Crippen MR) is 63.0 cm³/mol. The standard InChI is InChI=1S/C13H20N2O/c14-13-8-12(15-16-13)11-6-5-9-3-1-2-4-10(9)7-11/h8-11H,1-7,14H2. The average molecular weight is 220 g/mol. The summed E-state index contributed by atoms with van der Waals surface area (Å²) in [6.07, 6.45) is 9.70. The number of aromatic nitrogens is 1. The maximum absolute atomic E-state index is 5.59. The summed E-state index contributed by atoms with van der Waals surface area (Å²) in [5.74, 6) is 2.99. The van der Waals surface area contributed by atoms with Crippen LogP contribution in [-0.2, 0) is 0 Å². The van der Waals surface area contributed by atoms with Crippen LogP contribution in [0.1, 0.15) is 56.6 Å². The number of fused-ring (bicyclic) bond motifs is 1. The second-order valence-corrected chi connectivity index (χ2v) is 5.47. The first-order valence-electron chi connectivity index (χ1n) is 6.55. The SMILES string of the molecule is Nc1cc(C2CCC3CCCCC3C2)no1. The molecule has 2 aliphatic rings. The molecular formula is C13H20N2O. The van der Waals surface area contributed by atoms with Crippen molar-refractivity contribution < 1.29 is 4.52 Å². The lowest BCUT2D eigenvalue weighted by Crippen LogP contribution is -2.26. The van der Waals surface area contributed by atoms with Crippen molar-refractivity contribution in [2.24, 2.45) is 11.8 Å². The minimum atomic E-state index is 0.459. The van der Waals surface area contributed by atoms with Crippen molar-refractivity contribution in [3.63, 3.8) is 0 Å². The van der Waals surface area contributed by atoms with E-state index < -0.39 is 0 Å². The molecule has 2 saturated carbocycles. The van der Waals surface area contributed by atoms with Gasteiger partial charge in [0.05, 0.1) is 5.69 Å². The Bertz CT molecular complexity index is 361. The fourth-order valence-electron chi connectivity index (χ4n) is 3.64. The molecule has 2 N–H and O–H groups in total. The van der Waals surface area contributed by atoms with Gasteiger partial charge in [-0.05, 0) is 31.1 Å². The molecule has 0 spiro atoms. The number of nitrogens with two attached hydrogens (primary N) is 1. The van der Waals surface area contributed by atoms with Crippen LogP contribution in [0.5, 0.6) is 0 Å². The van der Waals surface area contributed by atoms with Crippen LogP contribution in [0, 0.1) is 11.8 Å². The van der Waals surface area contributed by atoms with E-state index in [4.69, 9.17) is 10.3 Å². The van der Waals surface area contributed by atoms with Crippen molar-refractivity contribution in [3.05, 3.63) is 11.8 Å². The van der Waals surface area contributed by atoms with Crippen LogP contribution >= 0.6 is 0 Å². The molecule has 16 heavy (non-hydrogen) atoms. The summed E-state index contributed by atoms with van der Waals surface area (Å²) in [5, 5.41) is 4.08. The Kier molecular flexibility index (Phi) is 2.62. The largest absolute Gasteiger partial charge is 0.368 e. The van der Waals surface area contributed by atoms with E-state index >= 15 is 0 Å². The minimum Gasteiger partial charge on any atom is -0.368 e. The third-order valence-electron chi connectivity index (χ3n) is 4.50. The number of anilines is 1. The molecule has 0 aromatic carbocycles. The summed E-state index contributed by atoms with van der Waals surface area (Å²) >= 11 is 0. The summed E-state index contributed by atoms with van der Waals surface area (Å²) in [4.78, 5) is 0. The summed E-state index contributed by atoms with van der Waals surface area (Å²) in [6.45, 7) is 0. The predicted octanol–water partition coefficient (Wildman–Crippen LogP) is 3.33. The number of hydrogen-bond donors (Lipinski definition) is 1.